The van der Waals surface area contributed by atoms with Crippen molar-refractivity contribution >= 4 is 17.4 Å². The molecule has 3 aromatic rings. The molecule has 0 unspecified atom stereocenters. The van der Waals surface area contributed by atoms with Crippen molar-refractivity contribution in [3.05, 3.63) is 53.6 Å². The Morgan fingerprint density at radius 2 is 1.88 bits per heavy atom. The Hall–Kier alpha value is -3.50. The van der Waals surface area contributed by atoms with Gasteiger partial charge in [-0.2, -0.15) is 5.10 Å². The first-order valence-corrected chi connectivity index (χ1v) is 11.6. The first kappa shape index (κ1) is 22.3. The van der Waals surface area contributed by atoms with Gasteiger partial charge in [-0.15, -0.1) is 0 Å². The van der Waals surface area contributed by atoms with Gasteiger partial charge in [-0.25, -0.2) is 9.97 Å². The largest absolute Gasteiger partial charge is 0.352 e. The fraction of sp³-hybridized carbons (Fsp3) is 0.417. The maximum Gasteiger partial charge on any atom is 0.219 e. The van der Waals surface area contributed by atoms with E-state index in [4.69, 9.17) is 9.97 Å². The molecule has 0 spiro atoms. The van der Waals surface area contributed by atoms with E-state index >= 15 is 0 Å². The van der Waals surface area contributed by atoms with Gasteiger partial charge in [0.2, 0.25) is 5.91 Å². The van der Waals surface area contributed by atoms with Gasteiger partial charge in [0, 0.05) is 71.4 Å². The number of hydrogen-bond acceptors (Lipinski definition) is 8. The number of anilines is 2. The predicted octanol–water partition coefficient (Wildman–Crippen LogP) is 1.90. The van der Waals surface area contributed by atoms with Crippen LogP contribution in [-0.2, 0) is 31.4 Å². The van der Waals surface area contributed by atoms with E-state index in [2.05, 4.69) is 20.4 Å². The number of carbonyl (C=O) groups excluding carboxylic acids is 1. The molecule has 10 nitrogen and oxygen atoms in total. The van der Waals surface area contributed by atoms with Crippen LogP contribution in [0.15, 0.2) is 36.7 Å². The predicted molar refractivity (Wildman–Crippen MR) is 128 cm³/mol. The molecule has 1 amide bonds. The van der Waals surface area contributed by atoms with Gasteiger partial charge in [-0.1, -0.05) is 18.2 Å². The van der Waals surface area contributed by atoms with Crippen molar-refractivity contribution in [2.24, 2.45) is 7.05 Å². The van der Waals surface area contributed by atoms with Crippen molar-refractivity contribution in [3.63, 3.8) is 0 Å². The van der Waals surface area contributed by atoms with E-state index in [-0.39, 0.29) is 5.91 Å². The van der Waals surface area contributed by atoms with E-state index in [1.165, 1.54) is 0 Å². The molecule has 2 aliphatic heterocycles. The van der Waals surface area contributed by atoms with Gasteiger partial charge >= 0.3 is 0 Å². The molecule has 0 atom stereocenters. The number of amides is 1. The van der Waals surface area contributed by atoms with Gasteiger partial charge in [-0.05, 0) is 11.6 Å². The third-order valence-corrected chi connectivity index (χ3v) is 6.62. The standard InChI is InChI=1S/C24H30N8O2/c1-17(33)32-8-7-21-22(16-32)26-23(19-13-25-29(2)14-19)24(27-21)31-11-9-30(10-12-31)15-18-5-3-4-6-20(18)28-34/h3-6,13-14,28,34H,7-12,15-16H2,1-2H3. The first-order valence-electron chi connectivity index (χ1n) is 11.6. The number of piperazine rings is 1. The fourth-order valence-corrected chi connectivity index (χ4v) is 4.67. The zero-order valence-electron chi connectivity index (χ0n) is 19.6. The number of aromatic nitrogens is 4. The van der Waals surface area contributed by atoms with E-state index in [0.29, 0.717) is 19.5 Å². The van der Waals surface area contributed by atoms with Crippen LogP contribution in [0.4, 0.5) is 11.5 Å². The molecule has 0 radical (unpaired) electrons. The molecule has 1 saturated heterocycles. The molecule has 34 heavy (non-hydrogen) atoms. The van der Waals surface area contributed by atoms with Crippen LogP contribution in [0.25, 0.3) is 11.3 Å². The summed E-state index contributed by atoms with van der Waals surface area (Å²) in [6, 6.07) is 7.80. The summed E-state index contributed by atoms with van der Waals surface area (Å²) in [5, 5.41) is 13.7. The molecule has 1 aromatic carbocycles. The highest BCUT2D eigenvalue weighted by molar-refractivity contribution is 5.74. The Labute approximate surface area is 198 Å². The lowest BCUT2D eigenvalue weighted by Gasteiger charge is -2.37. The zero-order valence-corrected chi connectivity index (χ0v) is 19.6. The summed E-state index contributed by atoms with van der Waals surface area (Å²) in [6.07, 6.45) is 4.49. The quantitative estimate of drug-likeness (QED) is 0.555. The van der Waals surface area contributed by atoms with Crippen LogP contribution in [-0.4, -0.2) is 73.4 Å². The number of nitrogens with one attached hydrogen (secondary N) is 1. The van der Waals surface area contributed by atoms with Gasteiger partial charge < -0.3 is 9.80 Å². The second-order valence-corrected chi connectivity index (χ2v) is 8.91. The summed E-state index contributed by atoms with van der Waals surface area (Å²) in [5.41, 5.74) is 7.70. The Kier molecular flexibility index (Phi) is 6.16. The molecular weight excluding hydrogens is 432 g/mol. The summed E-state index contributed by atoms with van der Waals surface area (Å²) in [4.78, 5) is 28.5. The Morgan fingerprint density at radius 1 is 1.09 bits per heavy atom. The minimum atomic E-state index is 0.0635. The molecule has 2 aromatic heterocycles. The maximum atomic E-state index is 11.9. The van der Waals surface area contributed by atoms with Crippen molar-refractivity contribution in [3.8, 4) is 11.3 Å². The average Bonchev–Trinajstić information content (AvgIpc) is 3.29. The number of nitrogens with zero attached hydrogens (tertiary/aromatic N) is 7. The number of hydrogen-bond donors (Lipinski definition) is 2. The number of rotatable bonds is 5. The summed E-state index contributed by atoms with van der Waals surface area (Å²) in [5.74, 6) is 0.952. The van der Waals surface area contributed by atoms with E-state index in [1.807, 2.05) is 48.6 Å². The molecule has 10 heteroatoms. The molecule has 4 heterocycles. The molecule has 2 aliphatic rings. The highest BCUT2D eigenvalue weighted by Gasteiger charge is 2.27. The summed E-state index contributed by atoms with van der Waals surface area (Å²) >= 11 is 0. The van der Waals surface area contributed by atoms with Crippen LogP contribution in [0, 0.1) is 0 Å². The van der Waals surface area contributed by atoms with Gasteiger partial charge in [0.25, 0.3) is 0 Å². The lowest BCUT2D eigenvalue weighted by Crippen LogP contribution is -2.46. The number of fused-ring (bicyclic) bond motifs is 1. The highest BCUT2D eigenvalue weighted by atomic mass is 16.5. The third kappa shape index (κ3) is 4.46. The van der Waals surface area contributed by atoms with Crippen molar-refractivity contribution in [2.45, 2.75) is 26.4 Å². The second-order valence-electron chi connectivity index (χ2n) is 8.91. The lowest BCUT2D eigenvalue weighted by molar-refractivity contribution is -0.129. The summed E-state index contributed by atoms with van der Waals surface area (Å²) in [6.45, 7) is 6.95. The molecule has 1 fully saturated rings. The molecule has 0 bridgehead atoms. The number of aryl methyl sites for hydroxylation is 1. The molecule has 0 aliphatic carbocycles. The number of benzene rings is 1. The van der Waals surface area contributed by atoms with Crippen LogP contribution in [0.5, 0.6) is 0 Å². The minimum Gasteiger partial charge on any atom is -0.352 e. The van der Waals surface area contributed by atoms with E-state index in [1.54, 1.807) is 11.6 Å². The topological polar surface area (TPSA) is 103 Å². The van der Waals surface area contributed by atoms with Crippen LogP contribution in [0.1, 0.15) is 23.9 Å². The Balaban J connectivity index is 1.38. The minimum absolute atomic E-state index is 0.0635. The lowest BCUT2D eigenvalue weighted by atomic mass is 10.1. The number of carbonyl (C=O) groups is 1. The highest BCUT2D eigenvalue weighted by Crippen LogP contribution is 2.31. The normalized spacial score (nSPS) is 16.4. The van der Waals surface area contributed by atoms with Crippen LogP contribution >= 0.6 is 0 Å². The second kappa shape index (κ2) is 9.40. The first-order chi connectivity index (χ1) is 16.5. The van der Waals surface area contributed by atoms with Gasteiger partial charge in [0.15, 0.2) is 5.82 Å². The molecule has 0 saturated carbocycles. The molecule has 2 N–H and O–H groups in total. The van der Waals surface area contributed by atoms with E-state index < -0.39 is 0 Å². The van der Waals surface area contributed by atoms with Crippen LogP contribution in [0.3, 0.4) is 0 Å². The van der Waals surface area contributed by atoms with E-state index in [9.17, 15) is 10.0 Å². The van der Waals surface area contributed by atoms with Crippen molar-refractivity contribution in [2.75, 3.05) is 43.1 Å². The van der Waals surface area contributed by atoms with Crippen molar-refractivity contribution in [1.82, 2.24) is 29.5 Å². The third-order valence-electron chi connectivity index (χ3n) is 6.62. The smallest absolute Gasteiger partial charge is 0.219 e. The Morgan fingerprint density at radius 3 is 2.59 bits per heavy atom. The van der Waals surface area contributed by atoms with Gasteiger partial charge in [-0.3, -0.25) is 25.1 Å². The monoisotopic (exact) mass is 462 g/mol. The zero-order chi connectivity index (χ0) is 23.7. The van der Waals surface area contributed by atoms with Crippen molar-refractivity contribution < 1.29 is 10.0 Å². The summed E-state index contributed by atoms with van der Waals surface area (Å²) < 4.78 is 1.77. The SMILES string of the molecule is CC(=O)N1CCc2nc(N3CCN(Cc4ccccc4NO)CC3)c(-c3cnn(C)c3)nc2C1. The molecule has 178 valence electrons. The Bertz CT molecular complexity index is 1190. The van der Waals surface area contributed by atoms with Crippen LogP contribution in [0.2, 0.25) is 0 Å². The maximum absolute atomic E-state index is 11.9. The van der Waals surface area contributed by atoms with Gasteiger partial charge in [0.1, 0.15) is 5.69 Å². The number of para-hydroxylation sites is 1. The van der Waals surface area contributed by atoms with Crippen LogP contribution < -0.4 is 10.4 Å². The molecular formula is C24H30N8O2. The van der Waals surface area contributed by atoms with Crippen molar-refractivity contribution in [1.29, 1.82) is 0 Å². The van der Waals surface area contributed by atoms with E-state index in [0.717, 1.165) is 72.4 Å². The average molecular weight is 463 g/mol. The summed E-state index contributed by atoms with van der Waals surface area (Å²) in [7, 11) is 1.89. The van der Waals surface area contributed by atoms with Gasteiger partial charge in [0.05, 0.1) is 29.8 Å². The molecule has 5 rings (SSSR count). The fourth-order valence-electron chi connectivity index (χ4n) is 4.67.